The Morgan fingerprint density at radius 1 is 1.42 bits per heavy atom. The maximum absolute atomic E-state index is 3.72. The number of nitrogens with zero attached hydrogens (tertiary/aromatic N) is 3. The summed E-state index contributed by atoms with van der Waals surface area (Å²) < 4.78 is 0. The summed E-state index contributed by atoms with van der Waals surface area (Å²) in [6.07, 6.45) is 3.79. The number of thiophene rings is 1. The molecule has 0 unspecified atom stereocenters. The smallest absolute Gasteiger partial charge is 0.172 e. The molecule has 5 heteroatoms. The molecule has 12 heavy (non-hydrogen) atoms. The van der Waals surface area contributed by atoms with Crippen LogP contribution in [-0.4, -0.2) is 20.6 Å². The van der Waals surface area contributed by atoms with E-state index in [4.69, 9.17) is 0 Å². The van der Waals surface area contributed by atoms with Crippen LogP contribution in [0.15, 0.2) is 16.8 Å². The molecule has 2 heterocycles. The third-order valence-electron chi connectivity index (χ3n) is 1.34. The standard InChI is InChI=1S/C7H6N4S/c1(6-3-4-12-5-6)2-7-8-10-11-9-7/h1-5H,(H,8,9,10,11). The van der Waals surface area contributed by atoms with Gasteiger partial charge in [0.05, 0.1) is 0 Å². The van der Waals surface area contributed by atoms with E-state index in [-0.39, 0.29) is 0 Å². The van der Waals surface area contributed by atoms with E-state index in [1.54, 1.807) is 11.3 Å². The normalized spacial score (nSPS) is 11.0. The summed E-state index contributed by atoms with van der Waals surface area (Å²) in [5, 5.41) is 17.3. The van der Waals surface area contributed by atoms with E-state index < -0.39 is 0 Å². The van der Waals surface area contributed by atoms with Crippen molar-refractivity contribution >= 4 is 23.5 Å². The quantitative estimate of drug-likeness (QED) is 0.756. The number of hydrogen-bond acceptors (Lipinski definition) is 4. The van der Waals surface area contributed by atoms with Crippen LogP contribution in [0.3, 0.4) is 0 Å². The van der Waals surface area contributed by atoms with Crippen LogP contribution in [0.1, 0.15) is 11.4 Å². The van der Waals surface area contributed by atoms with E-state index in [1.165, 1.54) is 0 Å². The lowest BCUT2D eigenvalue weighted by Crippen LogP contribution is -1.73. The Hall–Kier alpha value is -1.49. The Labute approximate surface area is 72.9 Å². The van der Waals surface area contributed by atoms with Crippen LogP contribution < -0.4 is 0 Å². The Morgan fingerprint density at radius 3 is 3.08 bits per heavy atom. The minimum absolute atomic E-state index is 0.668. The molecule has 0 radical (unpaired) electrons. The van der Waals surface area contributed by atoms with Crippen molar-refractivity contribution in [2.75, 3.05) is 0 Å². The van der Waals surface area contributed by atoms with Gasteiger partial charge in [-0.1, -0.05) is 6.08 Å². The fourth-order valence-corrected chi connectivity index (χ4v) is 1.41. The molecule has 0 bridgehead atoms. The molecular weight excluding hydrogens is 172 g/mol. The lowest BCUT2D eigenvalue weighted by molar-refractivity contribution is 0.881. The van der Waals surface area contributed by atoms with Gasteiger partial charge in [-0.25, -0.2) is 5.10 Å². The maximum Gasteiger partial charge on any atom is 0.172 e. The number of aromatic nitrogens is 4. The number of aromatic amines is 1. The van der Waals surface area contributed by atoms with Gasteiger partial charge in [-0.3, -0.25) is 0 Å². The summed E-state index contributed by atoms with van der Waals surface area (Å²) >= 11 is 1.66. The molecule has 2 rings (SSSR count). The van der Waals surface area contributed by atoms with Crippen LogP contribution in [0.25, 0.3) is 12.2 Å². The zero-order valence-corrected chi connectivity index (χ0v) is 6.95. The van der Waals surface area contributed by atoms with Crippen LogP contribution in [0.5, 0.6) is 0 Å². The van der Waals surface area contributed by atoms with Crippen LogP contribution in [0, 0.1) is 0 Å². The highest BCUT2D eigenvalue weighted by atomic mass is 32.1. The second-order valence-corrected chi connectivity index (χ2v) is 2.96. The number of hydrogen-bond donors (Lipinski definition) is 1. The van der Waals surface area contributed by atoms with Crippen molar-refractivity contribution in [3.63, 3.8) is 0 Å². The number of H-pyrrole nitrogens is 1. The minimum Gasteiger partial charge on any atom is -0.239 e. The van der Waals surface area contributed by atoms with Gasteiger partial charge in [0, 0.05) is 0 Å². The lowest BCUT2D eigenvalue weighted by atomic mass is 10.3. The summed E-state index contributed by atoms with van der Waals surface area (Å²) in [5.41, 5.74) is 1.16. The average Bonchev–Trinajstić information content (AvgIpc) is 2.74. The monoisotopic (exact) mass is 178 g/mol. The molecule has 0 saturated carbocycles. The van der Waals surface area contributed by atoms with Gasteiger partial charge in [0.2, 0.25) is 0 Å². The van der Waals surface area contributed by atoms with Crippen molar-refractivity contribution in [3.05, 3.63) is 28.2 Å². The molecule has 2 aromatic heterocycles. The predicted octanol–water partition coefficient (Wildman–Crippen LogP) is 1.43. The summed E-state index contributed by atoms with van der Waals surface area (Å²) in [4.78, 5) is 0. The van der Waals surface area contributed by atoms with Crippen molar-refractivity contribution in [1.82, 2.24) is 20.6 Å². The van der Waals surface area contributed by atoms with Crippen molar-refractivity contribution in [1.29, 1.82) is 0 Å². The van der Waals surface area contributed by atoms with E-state index in [0.717, 1.165) is 5.56 Å². The lowest BCUT2D eigenvalue weighted by Gasteiger charge is -1.80. The van der Waals surface area contributed by atoms with E-state index in [0.29, 0.717) is 5.82 Å². The van der Waals surface area contributed by atoms with E-state index in [2.05, 4.69) is 26.0 Å². The molecule has 4 nitrogen and oxygen atoms in total. The third kappa shape index (κ3) is 1.57. The molecule has 0 atom stereocenters. The molecule has 0 aliphatic heterocycles. The summed E-state index contributed by atoms with van der Waals surface area (Å²) in [7, 11) is 0. The highest BCUT2D eigenvalue weighted by molar-refractivity contribution is 7.08. The van der Waals surface area contributed by atoms with Crippen LogP contribution in [0.2, 0.25) is 0 Å². The molecule has 0 aliphatic carbocycles. The van der Waals surface area contributed by atoms with Gasteiger partial charge in [0.25, 0.3) is 0 Å². The second kappa shape index (κ2) is 3.27. The average molecular weight is 178 g/mol. The van der Waals surface area contributed by atoms with E-state index in [9.17, 15) is 0 Å². The first-order valence-corrected chi connectivity index (χ1v) is 4.33. The molecule has 1 N–H and O–H groups in total. The van der Waals surface area contributed by atoms with Gasteiger partial charge in [0.1, 0.15) is 0 Å². The van der Waals surface area contributed by atoms with E-state index in [1.807, 2.05) is 23.6 Å². The number of rotatable bonds is 2. The fourth-order valence-electron chi connectivity index (χ4n) is 0.782. The summed E-state index contributed by atoms with van der Waals surface area (Å²) in [6.45, 7) is 0. The first kappa shape index (κ1) is 7.17. The molecule has 0 spiro atoms. The molecule has 0 saturated heterocycles. The predicted molar refractivity (Wildman–Crippen MR) is 47.4 cm³/mol. The van der Waals surface area contributed by atoms with Crippen molar-refractivity contribution < 1.29 is 0 Å². The van der Waals surface area contributed by atoms with Crippen LogP contribution in [0.4, 0.5) is 0 Å². The summed E-state index contributed by atoms with van der Waals surface area (Å²) in [5.74, 6) is 0.668. The molecule has 60 valence electrons. The van der Waals surface area contributed by atoms with Crippen molar-refractivity contribution in [2.45, 2.75) is 0 Å². The first-order chi connectivity index (χ1) is 5.95. The second-order valence-electron chi connectivity index (χ2n) is 2.18. The molecular formula is C7H6N4S. The Balaban J connectivity index is 2.14. The highest BCUT2D eigenvalue weighted by Gasteiger charge is 1.89. The molecule has 0 fully saturated rings. The molecule has 2 aromatic rings. The SMILES string of the molecule is C(=Cc1nnn[nH]1)c1ccsc1. The van der Waals surface area contributed by atoms with Crippen molar-refractivity contribution in [3.8, 4) is 0 Å². The van der Waals surface area contributed by atoms with Crippen LogP contribution in [-0.2, 0) is 0 Å². The number of nitrogens with one attached hydrogen (secondary N) is 1. The van der Waals surface area contributed by atoms with E-state index >= 15 is 0 Å². The van der Waals surface area contributed by atoms with Gasteiger partial charge in [-0.15, -0.1) is 5.10 Å². The van der Waals surface area contributed by atoms with Gasteiger partial charge >= 0.3 is 0 Å². The Bertz CT molecular complexity index is 312. The maximum atomic E-state index is 3.72. The number of tetrazole rings is 1. The Morgan fingerprint density at radius 2 is 2.42 bits per heavy atom. The largest absolute Gasteiger partial charge is 0.239 e. The van der Waals surface area contributed by atoms with Gasteiger partial charge < -0.3 is 0 Å². The van der Waals surface area contributed by atoms with Crippen LogP contribution >= 0.6 is 11.3 Å². The Kier molecular flexibility index (Phi) is 1.96. The third-order valence-corrected chi connectivity index (χ3v) is 2.04. The summed E-state index contributed by atoms with van der Waals surface area (Å²) in [6, 6.07) is 2.03. The molecule has 0 aromatic carbocycles. The highest BCUT2D eigenvalue weighted by Crippen LogP contribution is 2.08. The van der Waals surface area contributed by atoms with Gasteiger partial charge in [0.15, 0.2) is 5.82 Å². The molecule has 0 aliphatic rings. The topological polar surface area (TPSA) is 54.5 Å². The first-order valence-electron chi connectivity index (χ1n) is 3.39. The molecule has 0 amide bonds. The van der Waals surface area contributed by atoms with Gasteiger partial charge in [-0.05, 0) is 38.9 Å². The fraction of sp³-hybridized carbons (Fsp3) is 0. The zero-order valence-electron chi connectivity index (χ0n) is 6.14. The van der Waals surface area contributed by atoms with Gasteiger partial charge in [-0.2, -0.15) is 11.3 Å². The minimum atomic E-state index is 0.668. The van der Waals surface area contributed by atoms with Crippen molar-refractivity contribution in [2.24, 2.45) is 0 Å². The zero-order chi connectivity index (χ0) is 8.23.